The molecule has 1 saturated carbocycles. The van der Waals surface area contributed by atoms with E-state index >= 15 is 0 Å². The van der Waals surface area contributed by atoms with Crippen molar-refractivity contribution >= 4 is 17.4 Å². The van der Waals surface area contributed by atoms with Crippen molar-refractivity contribution in [1.29, 1.82) is 0 Å². The van der Waals surface area contributed by atoms with Crippen LogP contribution in [0.5, 0.6) is 5.75 Å². The summed E-state index contributed by atoms with van der Waals surface area (Å²) >= 11 is 6.30. The van der Waals surface area contributed by atoms with Crippen molar-refractivity contribution < 1.29 is 31.1 Å². The van der Waals surface area contributed by atoms with E-state index in [0.29, 0.717) is 49.9 Å². The van der Waals surface area contributed by atoms with Gasteiger partial charge in [-0.25, -0.2) is 4.98 Å². The quantitative estimate of drug-likeness (QED) is 0.337. The summed E-state index contributed by atoms with van der Waals surface area (Å²) in [6, 6.07) is 7.88. The Balaban J connectivity index is 1.24. The molecule has 40 heavy (non-hydrogen) atoms. The van der Waals surface area contributed by atoms with E-state index in [9.17, 15) is 26.3 Å². The van der Waals surface area contributed by atoms with E-state index in [2.05, 4.69) is 19.9 Å². The van der Waals surface area contributed by atoms with Crippen LogP contribution in [-0.2, 0) is 13.1 Å². The molecule has 6 rings (SSSR count). The molecule has 0 radical (unpaired) electrons. The molecule has 1 aromatic carbocycles. The molecule has 14 heteroatoms. The van der Waals surface area contributed by atoms with Crippen LogP contribution in [0.1, 0.15) is 48.8 Å². The van der Waals surface area contributed by atoms with Gasteiger partial charge in [-0.15, -0.1) is 23.4 Å². The molecule has 0 N–H and O–H groups in total. The van der Waals surface area contributed by atoms with Crippen LogP contribution in [0.2, 0.25) is 5.02 Å². The fourth-order valence-corrected chi connectivity index (χ4v) is 6.09. The molecule has 4 heterocycles. The Morgan fingerprint density at radius 1 is 0.950 bits per heavy atom. The van der Waals surface area contributed by atoms with Gasteiger partial charge in [0, 0.05) is 42.8 Å². The van der Waals surface area contributed by atoms with Crippen LogP contribution < -0.4 is 9.64 Å². The van der Waals surface area contributed by atoms with Crippen LogP contribution in [-0.4, -0.2) is 56.3 Å². The van der Waals surface area contributed by atoms with Crippen molar-refractivity contribution in [1.82, 2.24) is 24.6 Å². The van der Waals surface area contributed by atoms with Gasteiger partial charge in [0.05, 0.1) is 18.2 Å². The molecule has 2 aromatic heterocycles. The number of hydrogen-bond acceptors (Lipinski definition) is 6. The molecule has 0 spiro atoms. The monoisotopic (exact) mass is 586 g/mol. The summed E-state index contributed by atoms with van der Waals surface area (Å²) in [4.78, 5) is 7.91. The van der Waals surface area contributed by atoms with Crippen LogP contribution in [0, 0.1) is 5.92 Å². The first-order valence-corrected chi connectivity index (χ1v) is 13.3. The van der Waals surface area contributed by atoms with Gasteiger partial charge in [-0.3, -0.25) is 9.47 Å². The van der Waals surface area contributed by atoms with Crippen LogP contribution in [0.15, 0.2) is 36.5 Å². The van der Waals surface area contributed by atoms with Gasteiger partial charge in [0.15, 0.2) is 17.4 Å². The molecule has 0 amide bonds. The number of ether oxygens (including phenoxy) is 1. The summed E-state index contributed by atoms with van der Waals surface area (Å²) in [5, 5.41) is 9.48. The van der Waals surface area contributed by atoms with Gasteiger partial charge in [-0.1, -0.05) is 11.6 Å². The van der Waals surface area contributed by atoms with Crippen LogP contribution in [0.4, 0.5) is 32.2 Å². The minimum Gasteiger partial charge on any atom is -0.402 e. The average Bonchev–Trinajstić information content (AvgIpc) is 3.18. The van der Waals surface area contributed by atoms with Crippen molar-refractivity contribution in [2.45, 2.75) is 63.3 Å². The Morgan fingerprint density at radius 2 is 1.70 bits per heavy atom. The zero-order valence-electron chi connectivity index (χ0n) is 21.1. The Morgan fingerprint density at radius 3 is 2.40 bits per heavy atom. The predicted octanol–water partition coefficient (Wildman–Crippen LogP) is 6.25. The first-order valence-electron chi connectivity index (χ1n) is 13.0. The maximum atomic E-state index is 13.2. The number of piperidine rings is 1. The molecule has 0 unspecified atom stereocenters. The molecule has 1 saturated heterocycles. The number of rotatable bonds is 4. The third kappa shape index (κ3) is 5.32. The lowest BCUT2D eigenvalue weighted by atomic mass is 9.78. The largest absolute Gasteiger partial charge is 0.573 e. The Bertz CT molecular complexity index is 1380. The number of hydrogen-bond donors (Lipinski definition) is 0. The number of aromatic nitrogens is 4. The number of halogens is 7. The van der Waals surface area contributed by atoms with Gasteiger partial charge in [0.1, 0.15) is 5.82 Å². The number of fused-ring (bicyclic) bond motifs is 3. The third-order valence-corrected chi connectivity index (χ3v) is 8.22. The molecular weight excluding hydrogens is 562 g/mol. The standard InChI is InChI=1S/C26H25ClF6N6O/c27-18-3-4-20-16(10-18)13-38(19-11-17(12-19)25(28,29)30)14-22-35-36-23(39(20)22)15-5-8-37(9-6-15)24-21(2-1-7-34-24)40-26(31,32)33/h1-4,7,10,15,17,19H,5-6,8-9,11-14H2. The van der Waals surface area contributed by atoms with Crippen LogP contribution in [0.3, 0.4) is 0 Å². The summed E-state index contributed by atoms with van der Waals surface area (Å²) in [5.74, 6) is -0.193. The fraction of sp³-hybridized carbons (Fsp3) is 0.500. The second-order valence-corrected chi connectivity index (χ2v) is 10.9. The summed E-state index contributed by atoms with van der Waals surface area (Å²) in [7, 11) is 0. The predicted molar refractivity (Wildman–Crippen MR) is 133 cm³/mol. The summed E-state index contributed by atoms with van der Waals surface area (Å²) in [6.07, 6.45) is -6.33. The SMILES string of the molecule is FC(F)(F)Oc1cccnc1N1CCC(c2nnc3n2-c2ccc(Cl)cc2CN(C2CC(C(F)(F)F)C2)C3)CC1. The average molecular weight is 587 g/mol. The van der Waals surface area contributed by atoms with Crippen LogP contribution >= 0.6 is 11.6 Å². The van der Waals surface area contributed by atoms with Crippen molar-refractivity contribution in [2.75, 3.05) is 18.0 Å². The van der Waals surface area contributed by atoms with Gasteiger partial charge in [0.25, 0.3) is 0 Å². The number of benzene rings is 1. The summed E-state index contributed by atoms with van der Waals surface area (Å²) in [5.41, 5.74) is 1.71. The van der Waals surface area contributed by atoms with Crippen LogP contribution in [0.25, 0.3) is 5.69 Å². The Hall–Kier alpha value is -3.06. The lowest BCUT2D eigenvalue weighted by Crippen LogP contribution is -2.48. The molecule has 7 nitrogen and oxygen atoms in total. The van der Waals surface area contributed by atoms with Crippen molar-refractivity contribution in [3.8, 4) is 11.4 Å². The number of nitrogens with zero attached hydrogens (tertiary/aromatic N) is 6. The number of anilines is 1. The maximum Gasteiger partial charge on any atom is 0.573 e. The first-order chi connectivity index (χ1) is 19.0. The van der Waals surface area contributed by atoms with E-state index in [1.54, 1.807) is 11.0 Å². The summed E-state index contributed by atoms with van der Waals surface area (Å²) in [6.45, 7) is 1.64. The third-order valence-electron chi connectivity index (χ3n) is 7.98. The second-order valence-electron chi connectivity index (χ2n) is 10.5. The van der Waals surface area contributed by atoms with Crippen molar-refractivity contribution in [2.24, 2.45) is 5.92 Å². The topological polar surface area (TPSA) is 59.3 Å². The van der Waals surface area contributed by atoms with Crippen molar-refractivity contribution in [3.05, 3.63) is 58.8 Å². The zero-order valence-corrected chi connectivity index (χ0v) is 21.8. The molecule has 2 aliphatic heterocycles. The summed E-state index contributed by atoms with van der Waals surface area (Å²) < 4.78 is 84.4. The van der Waals surface area contributed by atoms with E-state index in [0.717, 1.165) is 17.1 Å². The zero-order chi connectivity index (χ0) is 28.2. The van der Waals surface area contributed by atoms with Gasteiger partial charge >= 0.3 is 12.5 Å². The highest BCUT2D eigenvalue weighted by Gasteiger charge is 2.50. The van der Waals surface area contributed by atoms with Crippen molar-refractivity contribution in [3.63, 3.8) is 0 Å². The molecule has 0 atom stereocenters. The molecule has 214 valence electrons. The molecular formula is C26H25ClF6N6O. The fourth-order valence-electron chi connectivity index (χ4n) is 5.90. The van der Waals surface area contributed by atoms with E-state index in [4.69, 9.17) is 11.6 Å². The van der Waals surface area contributed by atoms with Gasteiger partial charge in [-0.05, 0) is 61.6 Å². The maximum absolute atomic E-state index is 13.2. The van der Waals surface area contributed by atoms with E-state index in [-0.39, 0.29) is 36.4 Å². The highest BCUT2D eigenvalue weighted by Crippen LogP contribution is 2.45. The molecule has 1 aliphatic carbocycles. The number of pyridine rings is 1. The second kappa shape index (κ2) is 10.1. The molecule has 3 aromatic rings. The van der Waals surface area contributed by atoms with E-state index < -0.39 is 18.5 Å². The molecule has 2 fully saturated rings. The lowest BCUT2D eigenvalue weighted by Gasteiger charge is -2.43. The highest BCUT2D eigenvalue weighted by molar-refractivity contribution is 6.30. The van der Waals surface area contributed by atoms with E-state index in [1.807, 2.05) is 21.6 Å². The molecule has 3 aliphatic rings. The molecule has 0 bridgehead atoms. The highest BCUT2D eigenvalue weighted by atomic mass is 35.5. The smallest absolute Gasteiger partial charge is 0.402 e. The number of alkyl halides is 6. The van der Waals surface area contributed by atoms with E-state index in [1.165, 1.54) is 18.3 Å². The normalized spacial score (nSPS) is 22.3. The van der Waals surface area contributed by atoms with Gasteiger partial charge in [-0.2, -0.15) is 13.2 Å². The Labute approximate surface area is 230 Å². The minimum absolute atomic E-state index is 0.0402. The Kier molecular flexibility index (Phi) is 6.84. The van der Waals surface area contributed by atoms with Gasteiger partial charge in [0.2, 0.25) is 0 Å². The lowest BCUT2D eigenvalue weighted by molar-refractivity contribution is -0.274. The van der Waals surface area contributed by atoms with Gasteiger partial charge < -0.3 is 9.64 Å². The minimum atomic E-state index is -4.83. The first kappa shape index (κ1) is 27.1.